The lowest BCUT2D eigenvalue weighted by atomic mass is 10.0. The van der Waals surface area contributed by atoms with Crippen LogP contribution >= 0.6 is 7.82 Å². The van der Waals surface area contributed by atoms with Gasteiger partial charge in [-0.2, -0.15) is 0 Å². The summed E-state index contributed by atoms with van der Waals surface area (Å²) < 4.78 is 32.7. The molecule has 0 saturated carbocycles. The number of hydrogen-bond donors (Lipinski definition) is 2. The van der Waals surface area contributed by atoms with E-state index in [1.807, 2.05) is 0 Å². The number of ether oxygens (including phenoxy) is 2. The highest BCUT2D eigenvalue weighted by atomic mass is 31.2. The maximum absolute atomic E-state index is 12.6. The number of hydrogen-bond acceptors (Lipinski definition) is 8. The summed E-state index contributed by atoms with van der Waals surface area (Å²) in [6.45, 7) is 3.58. The van der Waals surface area contributed by atoms with Crippen LogP contribution in [0.25, 0.3) is 0 Å². The van der Waals surface area contributed by atoms with Gasteiger partial charge in [0.15, 0.2) is 6.10 Å². The third kappa shape index (κ3) is 41.4. The van der Waals surface area contributed by atoms with Crippen molar-refractivity contribution in [3.05, 3.63) is 48.6 Å². The number of allylic oxidation sites excluding steroid dienone is 8. The maximum Gasteiger partial charge on any atom is 0.472 e. The van der Waals surface area contributed by atoms with Crippen LogP contribution in [0, 0.1) is 0 Å². The fraction of sp³-hybridized carbons (Fsp3) is 0.778. The first-order valence-electron chi connectivity index (χ1n) is 22.1. The number of phosphoric ester groups is 1. The smallest absolute Gasteiger partial charge is 0.462 e. The van der Waals surface area contributed by atoms with Crippen LogP contribution in [0.1, 0.15) is 194 Å². The van der Waals surface area contributed by atoms with Gasteiger partial charge in [-0.3, -0.25) is 18.6 Å². The van der Waals surface area contributed by atoms with Crippen LogP contribution in [-0.4, -0.2) is 49.3 Å². The minimum Gasteiger partial charge on any atom is -0.462 e. The van der Waals surface area contributed by atoms with Crippen molar-refractivity contribution >= 4 is 19.8 Å². The van der Waals surface area contributed by atoms with Gasteiger partial charge in [0.25, 0.3) is 0 Å². The average molecular weight is 796 g/mol. The summed E-state index contributed by atoms with van der Waals surface area (Å²) in [5.74, 6) is -0.873. The minimum atomic E-state index is -4.39. The Hall–Kier alpha value is -2.03. The Morgan fingerprint density at radius 1 is 0.564 bits per heavy atom. The van der Waals surface area contributed by atoms with E-state index >= 15 is 0 Å². The first-order chi connectivity index (χ1) is 26.8. The van der Waals surface area contributed by atoms with Gasteiger partial charge >= 0.3 is 19.8 Å². The topological polar surface area (TPSA) is 134 Å². The molecule has 0 radical (unpaired) electrons. The third-order valence-electron chi connectivity index (χ3n) is 9.23. The molecule has 0 spiro atoms. The molecule has 9 nitrogen and oxygen atoms in total. The van der Waals surface area contributed by atoms with Crippen molar-refractivity contribution in [2.24, 2.45) is 5.73 Å². The summed E-state index contributed by atoms with van der Waals surface area (Å²) >= 11 is 0. The van der Waals surface area contributed by atoms with E-state index in [0.29, 0.717) is 6.42 Å². The second-order valence-corrected chi connectivity index (χ2v) is 16.0. The Kier molecular flexibility index (Phi) is 40.1. The molecular formula is C45H82NO8P. The molecule has 0 saturated heterocycles. The molecule has 2 atom stereocenters. The van der Waals surface area contributed by atoms with Gasteiger partial charge in [0.2, 0.25) is 0 Å². The van der Waals surface area contributed by atoms with Crippen molar-refractivity contribution in [1.82, 2.24) is 0 Å². The summed E-state index contributed by atoms with van der Waals surface area (Å²) in [6.07, 6.45) is 47.2. The van der Waals surface area contributed by atoms with Crippen LogP contribution in [-0.2, 0) is 32.7 Å². The summed E-state index contributed by atoms with van der Waals surface area (Å²) in [5, 5.41) is 0. The van der Waals surface area contributed by atoms with Gasteiger partial charge in [0.05, 0.1) is 13.2 Å². The Balaban J connectivity index is 4.15. The molecule has 0 aromatic carbocycles. The van der Waals surface area contributed by atoms with Gasteiger partial charge in [0.1, 0.15) is 6.61 Å². The number of carbonyl (C=O) groups excluding carboxylic acids is 2. The largest absolute Gasteiger partial charge is 0.472 e. The molecule has 0 aliphatic heterocycles. The number of unbranched alkanes of at least 4 members (excludes halogenated alkanes) is 20. The van der Waals surface area contributed by atoms with Crippen LogP contribution in [0.5, 0.6) is 0 Å². The number of esters is 2. The lowest BCUT2D eigenvalue weighted by molar-refractivity contribution is -0.161. The van der Waals surface area contributed by atoms with Gasteiger partial charge < -0.3 is 20.1 Å². The van der Waals surface area contributed by atoms with Crippen LogP contribution in [0.15, 0.2) is 48.6 Å². The van der Waals surface area contributed by atoms with Crippen LogP contribution in [0.3, 0.4) is 0 Å². The van der Waals surface area contributed by atoms with E-state index in [-0.39, 0.29) is 32.6 Å². The van der Waals surface area contributed by atoms with Gasteiger partial charge in [-0.05, 0) is 51.4 Å². The second-order valence-electron chi connectivity index (χ2n) is 14.5. The zero-order valence-electron chi connectivity index (χ0n) is 35.2. The van der Waals surface area contributed by atoms with Crippen molar-refractivity contribution in [1.29, 1.82) is 0 Å². The summed E-state index contributed by atoms with van der Waals surface area (Å²) in [4.78, 5) is 34.9. The highest BCUT2D eigenvalue weighted by molar-refractivity contribution is 7.47. The molecule has 3 N–H and O–H groups in total. The predicted octanol–water partition coefficient (Wildman–Crippen LogP) is 12.7. The van der Waals surface area contributed by atoms with Crippen LogP contribution in [0.4, 0.5) is 0 Å². The Bertz CT molecular complexity index is 1040. The molecule has 0 amide bonds. The third-order valence-corrected chi connectivity index (χ3v) is 10.2. The number of rotatable bonds is 41. The highest BCUT2D eigenvalue weighted by Gasteiger charge is 2.26. The molecule has 0 aliphatic rings. The van der Waals surface area contributed by atoms with E-state index in [0.717, 1.165) is 57.8 Å². The van der Waals surface area contributed by atoms with Crippen molar-refractivity contribution in [2.45, 2.75) is 200 Å². The van der Waals surface area contributed by atoms with Crippen LogP contribution < -0.4 is 5.73 Å². The SMILES string of the molecule is CCC=CCC=CCC=CCC=CCCCCC(=O)OC(COC(=O)CCCCCCCCCCCCCCCCCCCCC)COP(=O)(O)OCCN. The average Bonchev–Trinajstić information content (AvgIpc) is 3.17. The second kappa shape index (κ2) is 41.6. The fourth-order valence-corrected chi connectivity index (χ4v) is 6.74. The molecule has 55 heavy (non-hydrogen) atoms. The van der Waals surface area contributed by atoms with Gasteiger partial charge in [-0.15, -0.1) is 0 Å². The normalized spacial score (nSPS) is 13.7. The fourth-order valence-electron chi connectivity index (χ4n) is 5.98. The maximum atomic E-state index is 12.6. The Morgan fingerprint density at radius 3 is 1.49 bits per heavy atom. The summed E-state index contributed by atoms with van der Waals surface area (Å²) in [7, 11) is -4.39. The van der Waals surface area contributed by atoms with Gasteiger partial charge in [-0.1, -0.05) is 178 Å². The lowest BCUT2D eigenvalue weighted by Crippen LogP contribution is -2.29. The molecule has 0 heterocycles. The highest BCUT2D eigenvalue weighted by Crippen LogP contribution is 2.43. The zero-order chi connectivity index (χ0) is 40.3. The number of carbonyl (C=O) groups is 2. The number of nitrogens with two attached hydrogens (primary N) is 1. The van der Waals surface area contributed by atoms with E-state index in [9.17, 15) is 19.0 Å². The zero-order valence-corrected chi connectivity index (χ0v) is 36.0. The Morgan fingerprint density at radius 2 is 1.00 bits per heavy atom. The van der Waals surface area contributed by atoms with Gasteiger partial charge in [0, 0.05) is 19.4 Å². The molecule has 0 aromatic rings. The Labute approximate surface area is 336 Å². The van der Waals surface area contributed by atoms with E-state index in [1.165, 1.54) is 103 Å². The van der Waals surface area contributed by atoms with E-state index in [2.05, 4.69) is 62.5 Å². The molecule has 0 aromatic heterocycles. The number of phosphoric acid groups is 1. The molecule has 0 aliphatic carbocycles. The van der Waals surface area contributed by atoms with Crippen molar-refractivity contribution in [2.75, 3.05) is 26.4 Å². The molecule has 0 rings (SSSR count). The molecular weight excluding hydrogens is 713 g/mol. The molecule has 320 valence electrons. The molecule has 0 bridgehead atoms. The van der Waals surface area contributed by atoms with Crippen molar-refractivity contribution in [3.63, 3.8) is 0 Å². The summed E-state index contributed by atoms with van der Waals surface area (Å²) in [6, 6.07) is 0. The molecule has 0 fully saturated rings. The minimum absolute atomic E-state index is 0.0460. The lowest BCUT2D eigenvalue weighted by Gasteiger charge is -2.19. The van der Waals surface area contributed by atoms with E-state index < -0.39 is 32.5 Å². The molecule has 10 heteroatoms. The standard InChI is InChI=1S/C45H82NO8P/c1-3-5-7-9-11-13-15-17-19-20-21-22-24-25-27-29-31-33-35-37-44(47)51-41-43(42-53-55(49,50)52-40-39-46)54-45(48)38-36-34-32-30-28-26-23-18-16-14-12-10-8-6-4-2/h6,8,12,14,18,23,28,30,43H,3-5,7,9-11,13,15-17,19-22,24-27,29,31-42,46H2,1-2H3,(H,49,50). The van der Waals surface area contributed by atoms with E-state index in [4.69, 9.17) is 24.3 Å². The van der Waals surface area contributed by atoms with Crippen LogP contribution in [0.2, 0.25) is 0 Å². The van der Waals surface area contributed by atoms with Crippen molar-refractivity contribution < 1.29 is 37.6 Å². The quantitative estimate of drug-likeness (QED) is 0.0268. The van der Waals surface area contributed by atoms with Crippen molar-refractivity contribution in [3.8, 4) is 0 Å². The van der Waals surface area contributed by atoms with Gasteiger partial charge in [-0.25, -0.2) is 4.57 Å². The molecule has 2 unspecified atom stereocenters. The predicted molar refractivity (Wildman–Crippen MR) is 229 cm³/mol. The monoisotopic (exact) mass is 796 g/mol. The summed E-state index contributed by atoms with van der Waals surface area (Å²) in [5.41, 5.74) is 5.34. The first kappa shape index (κ1) is 53.0. The first-order valence-corrected chi connectivity index (χ1v) is 23.6. The van der Waals surface area contributed by atoms with E-state index in [1.54, 1.807) is 0 Å².